The van der Waals surface area contributed by atoms with Crippen molar-refractivity contribution in [1.29, 1.82) is 0 Å². The molecule has 0 saturated heterocycles. The molecular weight excluding hydrogens is 423 g/mol. The summed E-state index contributed by atoms with van der Waals surface area (Å²) < 4.78 is 14.5. The number of thioether (sulfide) groups is 1. The number of thiazole rings is 1. The second-order valence-corrected chi connectivity index (χ2v) is 8.74. The molecule has 0 fully saturated rings. The molecule has 0 bridgehead atoms. The Balaban J connectivity index is 1.48. The summed E-state index contributed by atoms with van der Waals surface area (Å²) in [6.45, 7) is 1.75. The predicted octanol–water partition coefficient (Wildman–Crippen LogP) is 4.32. The highest BCUT2D eigenvalue weighted by atomic mass is 32.2. The van der Waals surface area contributed by atoms with Crippen molar-refractivity contribution >= 4 is 45.0 Å². The van der Waals surface area contributed by atoms with Gasteiger partial charge in [0.1, 0.15) is 5.82 Å². The first kappa shape index (κ1) is 20.2. The van der Waals surface area contributed by atoms with Crippen LogP contribution < -0.4 is 10.9 Å². The minimum Gasteiger partial charge on any atom is -0.301 e. The van der Waals surface area contributed by atoms with Gasteiger partial charge in [0.15, 0.2) is 10.3 Å². The van der Waals surface area contributed by atoms with E-state index >= 15 is 0 Å². The molecule has 2 aromatic heterocycles. The predicted molar refractivity (Wildman–Crippen MR) is 118 cm³/mol. The zero-order valence-electron chi connectivity index (χ0n) is 16.1. The van der Waals surface area contributed by atoms with E-state index in [9.17, 15) is 14.0 Å². The molecule has 152 valence electrons. The second-order valence-electron chi connectivity index (χ2n) is 6.57. The topological polar surface area (TPSA) is 76.9 Å². The number of rotatable bonds is 5. The number of carbonyl (C=O) groups is 1. The summed E-state index contributed by atoms with van der Waals surface area (Å²) in [4.78, 5) is 34.1. The van der Waals surface area contributed by atoms with Gasteiger partial charge in [0, 0.05) is 18.0 Å². The van der Waals surface area contributed by atoms with Gasteiger partial charge in [0.25, 0.3) is 5.56 Å². The van der Waals surface area contributed by atoms with Crippen molar-refractivity contribution in [3.05, 3.63) is 70.1 Å². The van der Waals surface area contributed by atoms with Crippen molar-refractivity contribution in [1.82, 2.24) is 14.5 Å². The molecule has 6 nitrogen and oxygen atoms in total. The number of halogens is 1. The van der Waals surface area contributed by atoms with Crippen molar-refractivity contribution in [2.75, 3.05) is 5.32 Å². The number of nitrogens with zero attached hydrogens (tertiary/aromatic N) is 3. The zero-order valence-corrected chi connectivity index (χ0v) is 17.8. The molecule has 4 rings (SSSR count). The summed E-state index contributed by atoms with van der Waals surface area (Å²) in [5.74, 6) is -0.563. The lowest BCUT2D eigenvalue weighted by molar-refractivity contribution is -0.115. The standard InChI is InChI=1S/C21H17FN4O2S2/c1-12(30-21-24-16-6-4-3-5-15(16)19(28)26(21)2)18(27)25-20-23-17(11-29-20)13-7-9-14(22)10-8-13/h3-12H,1-2H3,(H,23,25,27). The Morgan fingerprint density at radius 1 is 1.17 bits per heavy atom. The van der Waals surface area contributed by atoms with Crippen LogP contribution in [0.4, 0.5) is 9.52 Å². The monoisotopic (exact) mass is 440 g/mol. The normalized spacial score (nSPS) is 12.1. The molecule has 2 aromatic carbocycles. The molecule has 1 amide bonds. The van der Waals surface area contributed by atoms with Crippen LogP contribution in [0.25, 0.3) is 22.2 Å². The van der Waals surface area contributed by atoms with E-state index in [1.165, 1.54) is 39.8 Å². The van der Waals surface area contributed by atoms with Gasteiger partial charge in [-0.15, -0.1) is 11.3 Å². The van der Waals surface area contributed by atoms with E-state index in [-0.39, 0.29) is 17.3 Å². The van der Waals surface area contributed by atoms with E-state index in [4.69, 9.17) is 0 Å². The summed E-state index contributed by atoms with van der Waals surface area (Å²) in [5.41, 5.74) is 1.87. The largest absolute Gasteiger partial charge is 0.301 e. The lowest BCUT2D eigenvalue weighted by atomic mass is 10.2. The first-order valence-corrected chi connectivity index (χ1v) is 10.8. The summed E-state index contributed by atoms with van der Waals surface area (Å²) in [6, 6.07) is 13.1. The van der Waals surface area contributed by atoms with Gasteiger partial charge in [-0.2, -0.15) is 0 Å². The Kier molecular flexibility index (Phi) is 5.65. The smallest absolute Gasteiger partial charge is 0.261 e. The highest BCUT2D eigenvalue weighted by Crippen LogP contribution is 2.27. The fourth-order valence-corrected chi connectivity index (χ4v) is 4.40. The zero-order chi connectivity index (χ0) is 21.3. The first-order valence-electron chi connectivity index (χ1n) is 9.07. The number of para-hydroxylation sites is 1. The molecule has 0 spiro atoms. The molecule has 30 heavy (non-hydrogen) atoms. The molecule has 0 aliphatic heterocycles. The van der Waals surface area contributed by atoms with Crippen LogP contribution in [0.3, 0.4) is 0 Å². The highest BCUT2D eigenvalue weighted by Gasteiger charge is 2.19. The molecule has 4 aromatic rings. The van der Waals surface area contributed by atoms with Crippen LogP contribution in [0.15, 0.2) is 63.9 Å². The van der Waals surface area contributed by atoms with E-state index < -0.39 is 5.25 Å². The quantitative estimate of drug-likeness (QED) is 0.370. The number of fused-ring (bicyclic) bond motifs is 1. The van der Waals surface area contributed by atoms with Gasteiger partial charge in [-0.05, 0) is 43.3 Å². The SMILES string of the molecule is CC(Sc1nc2ccccc2c(=O)n1C)C(=O)Nc1nc(-c2ccc(F)cc2)cs1. The van der Waals surface area contributed by atoms with Crippen LogP contribution in [0.2, 0.25) is 0 Å². The molecule has 1 atom stereocenters. The first-order chi connectivity index (χ1) is 14.4. The van der Waals surface area contributed by atoms with Crippen molar-refractivity contribution in [2.45, 2.75) is 17.3 Å². The average Bonchev–Trinajstić information content (AvgIpc) is 3.20. The Bertz CT molecular complexity index is 1280. The lowest BCUT2D eigenvalue weighted by Crippen LogP contribution is -2.25. The van der Waals surface area contributed by atoms with Crippen LogP contribution in [-0.2, 0) is 11.8 Å². The van der Waals surface area contributed by atoms with Crippen molar-refractivity contribution < 1.29 is 9.18 Å². The number of amides is 1. The van der Waals surface area contributed by atoms with E-state index in [1.54, 1.807) is 49.7 Å². The molecule has 0 aliphatic carbocycles. The molecule has 2 heterocycles. The van der Waals surface area contributed by atoms with E-state index in [1.807, 2.05) is 6.07 Å². The van der Waals surface area contributed by atoms with Crippen molar-refractivity contribution in [2.24, 2.45) is 7.05 Å². The molecule has 0 aliphatic rings. The molecule has 1 unspecified atom stereocenters. The Hall–Kier alpha value is -3.04. The van der Waals surface area contributed by atoms with E-state index in [0.29, 0.717) is 26.9 Å². The molecule has 9 heteroatoms. The third kappa shape index (κ3) is 4.12. The Morgan fingerprint density at radius 3 is 2.67 bits per heavy atom. The molecule has 0 radical (unpaired) electrons. The van der Waals surface area contributed by atoms with Gasteiger partial charge in [-0.1, -0.05) is 23.9 Å². The fourth-order valence-electron chi connectivity index (χ4n) is 2.81. The molecular formula is C21H17FN4O2S2. The van der Waals surface area contributed by atoms with Gasteiger partial charge in [0.05, 0.1) is 21.8 Å². The second kappa shape index (κ2) is 8.37. The Morgan fingerprint density at radius 2 is 1.90 bits per heavy atom. The third-order valence-corrected chi connectivity index (χ3v) is 6.37. The van der Waals surface area contributed by atoms with Gasteiger partial charge in [-0.3, -0.25) is 14.2 Å². The van der Waals surface area contributed by atoms with Gasteiger partial charge in [-0.25, -0.2) is 14.4 Å². The van der Waals surface area contributed by atoms with Crippen molar-refractivity contribution in [3.63, 3.8) is 0 Å². The number of anilines is 1. The number of hydrogen-bond acceptors (Lipinski definition) is 6. The lowest BCUT2D eigenvalue weighted by Gasteiger charge is -2.13. The van der Waals surface area contributed by atoms with Crippen LogP contribution in [0, 0.1) is 5.82 Å². The number of hydrogen-bond donors (Lipinski definition) is 1. The number of carbonyl (C=O) groups excluding carboxylic acids is 1. The maximum Gasteiger partial charge on any atom is 0.261 e. The average molecular weight is 441 g/mol. The van der Waals surface area contributed by atoms with Gasteiger partial charge < -0.3 is 5.32 Å². The van der Waals surface area contributed by atoms with Crippen LogP contribution in [-0.4, -0.2) is 25.7 Å². The van der Waals surface area contributed by atoms with Crippen LogP contribution in [0.5, 0.6) is 0 Å². The fraction of sp³-hybridized carbons (Fsp3) is 0.143. The van der Waals surface area contributed by atoms with Gasteiger partial charge >= 0.3 is 0 Å². The summed E-state index contributed by atoms with van der Waals surface area (Å²) in [5, 5.41) is 5.55. The molecule has 1 N–H and O–H groups in total. The third-order valence-electron chi connectivity index (χ3n) is 4.47. The minimum absolute atomic E-state index is 0.153. The highest BCUT2D eigenvalue weighted by molar-refractivity contribution is 8.00. The van der Waals surface area contributed by atoms with Crippen LogP contribution in [0.1, 0.15) is 6.92 Å². The number of benzene rings is 2. The summed E-state index contributed by atoms with van der Waals surface area (Å²) in [7, 11) is 1.64. The van der Waals surface area contributed by atoms with Crippen LogP contribution >= 0.6 is 23.1 Å². The summed E-state index contributed by atoms with van der Waals surface area (Å²) in [6.07, 6.45) is 0. The van der Waals surface area contributed by atoms with Gasteiger partial charge in [0.2, 0.25) is 5.91 Å². The van der Waals surface area contributed by atoms with E-state index in [0.717, 1.165) is 5.56 Å². The summed E-state index contributed by atoms with van der Waals surface area (Å²) >= 11 is 2.50. The number of aromatic nitrogens is 3. The number of nitrogens with one attached hydrogen (secondary N) is 1. The Labute approximate surface area is 179 Å². The van der Waals surface area contributed by atoms with Crippen molar-refractivity contribution in [3.8, 4) is 11.3 Å². The maximum atomic E-state index is 13.1. The minimum atomic E-state index is -0.498. The maximum absolute atomic E-state index is 13.1. The molecule has 0 saturated carbocycles. The van der Waals surface area contributed by atoms with E-state index in [2.05, 4.69) is 15.3 Å².